The van der Waals surface area contributed by atoms with Gasteiger partial charge in [0.2, 0.25) is 10.0 Å². The molecule has 3 aromatic rings. The highest BCUT2D eigenvalue weighted by atomic mass is 35.5. The number of hydrogen-bond donors (Lipinski definition) is 1. The summed E-state index contributed by atoms with van der Waals surface area (Å²) >= 11 is 6.06. The average Bonchev–Trinajstić information content (AvgIpc) is 3.11. The number of fused-ring (bicyclic) bond motifs is 1. The van der Waals surface area contributed by atoms with Gasteiger partial charge in [-0.2, -0.15) is 0 Å². The summed E-state index contributed by atoms with van der Waals surface area (Å²) in [7, 11) is -3.30. The first kappa shape index (κ1) is 21.0. The number of rotatable bonds is 6. The van der Waals surface area contributed by atoms with Gasteiger partial charge in [0.15, 0.2) is 11.2 Å². The Morgan fingerprint density at radius 2 is 2.17 bits per heavy atom. The van der Waals surface area contributed by atoms with Crippen molar-refractivity contribution < 1.29 is 8.42 Å². The molecule has 1 aromatic carbocycles. The maximum Gasteiger partial charge on any atom is 0.281 e. The maximum atomic E-state index is 12.6. The fourth-order valence-electron chi connectivity index (χ4n) is 3.80. The number of benzene rings is 1. The van der Waals surface area contributed by atoms with Crippen molar-refractivity contribution in [2.75, 3.05) is 18.8 Å². The summed E-state index contributed by atoms with van der Waals surface area (Å²) in [6.07, 6.45) is 2.04. The van der Waals surface area contributed by atoms with Crippen molar-refractivity contribution in [3.05, 3.63) is 51.0 Å². The van der Waals surface area contributed by atoms with Gasteiger partial charge in [-0.1, -0.05) is 35.9 Å². The molecule has 30 heavy (non-hydrogen) atoms. The lowest BCUT2D eigenvalue weighted by molar-refractivity contribution is 0.309. The molecule has 2 aromatic heterocycles. The third-order valence-electron chi connectivity index (χ3n) is 5.24. The van der Waals surface area contributed by atoms with E-state index < -0.39 is 10.0 Å². The van der Waals surface area contributed by atoms with Crippen LogP contribution in [0.5, 0.6) is 0 Å². The van der Waals surface area contributed by atoms with E-state index in [1.807, 2.05) is 25.1 Å². The van der Waals surface area contributed by atoms with Crippen molar-refractivity contribution in [3.63, 3.8) is 0 Å². The quantitative estimate of drug-likeness (QED) is 0.615. The molecule has 11 heteroatoms. The summed E-state index contributed by atoms with van der Waals surface area (Å²) in [6.45, 7) is 3.03. The van der Waals surface area contributed by atoms with Gasteiger partial charge in [0, 0.05) is 24.0 Å². The first-order valence-electron chi connectivity index (χ1n) is 9.93. The predicted octanol–water partition coefficient (Wildman–Crippen LogP) is 2.14. The molecule has 160 valence electrons. The fraction of sp³-hybridized carbons (Fsp3) is 0.474. The molecule has 0 saturated carbocycles. The summed E-state index contributed by atoms with van der Waals surface area (Å²) in [5, 5.41) is 8.66. The molecular weight excluding hydrogens is 428 g/mol. The van der Waals surface area contributed by atoms with Gasteiger partial charge in [-0.3, -0.25) is 4.79 Å². The molecular formula is C19H23ClN6O3S. The number of halogens is 1. The predicted molar refractivity (Wildman–Crippen MR) is 114 cm³/mol. The molecule has 1 aliphatic rings. The molecule has 1 aliphatic heterocycles. The zero-order valence-corrected chi connectivity index (χ0v) is 18.2. The molecule has 0 spiro atoms. The standard InChI is InChI=1S/C19H23ClN6O3S/c1-2-9-30(28,29)25-8-4-6-14(12-25)17-21-18-16(19(27)22-17)23-24-26(18)11-13-5-3-7-15(20)10-13/h3,5,7,10,14H,2,4,6,8-9,11-12H2,1H3,(H,21,22,27). The van der Waals surface area contributed by atoms with Gasteiger partial charge in [-0.05, 0) is 37.0 Å². The van der Waals surface area contributed by atoms with Gasteiger partial charge in [0.05, 0.1) is 12.3 Å². The van der Waals surface area contributed by atoms with E-state index in [-0.39, 0.29) is 22.7 Å². The molecule has 0 aliphatic carbocycles. The molecule has 0 amide bonds. The van der Waals surface area contributed by atoms with Crippen LogP contribution in [0.1, 0.15) is 43.5 Å². The zero-order chi connectivity index (χ0) is 21.3. The van der Waals surface area contributed by atoms with Crippen LogP contribution in [0.25, 0.3) is 11.2 Å². The molecule has 9 nitrogen and oxygen atoms in total. The molecule has 1 atom stereocenters. The van der Waals surface area contributed by atoms with E-state index in [0.717, 1.165) is 18.4 Å². The van der Waals surface area contributed by atoms with Crippen LogP contribution in [-0.4, -0.2) is 56.5 Å². The minimum absolute atomic E-state index is 0.124. The van der Waals surface area contributed by atoms with E-state index in [4.69, 9.17) is 11.6 Å². The average molecular weight is 451 g/mol. The molecule has 4 rings (SSSR count). The fourth-order valence-corrected chi connectivity index (χ4v) is 5.60. The lowest BCUT2D eigenvalue weighted by atomic mass is 9.99. The molecule has 3 heterocycles. The van der Waals surface area contributed by atoms with E-state index in [2.05, 4.69) is 20.3 Å². The molecule has 0 bridgehead atoms. The van der Waals surface area contributed by atoms with Crippen LogP contribution in [0.15, 0.2) is 29.1 Å². The number of piperidine rings is 1. The summed E-state index contributed by atoms with van der Waals surface area (Å²) in [6, 6.07) is 7.36. The Morgan fingerprint density at radius 1 is 1.33 bits per heavy atom. The zero-order valence-electron chi connectivity index (χ0n) is 16.6. The number of aromatic amines is 1. The molecule has 1 saturated heterocycles. The van der Waals surface area contributed by atoms with Crippen LogP contribution in [0.3, 0.4) is 0 Å². The lowest BCUT2D eigenvalue weighted by Crippen LogP contribution is -2.41. The Labute approximate surface area is 179 Å². The van der Waals surface area contributed by atoms with Crippen molar-refractivity contribution in [2.45, 2.75) is 38.6 Å². The van der Waals surface area contributed by atoms with E-state index >= 15 is 0 Å². The minimum atomic E-state index is -3.30. The third kappa shape index (κ3) is 4.26. The Bertz CT molecular complexity index is 1220. The van der Waals surface area contributed by atoms with Crippen molar-refractivity contribution in [1.82, 2.24) is 29.3 Å². The summed E-state index contributed by atoms with van der Waals surface area (Å²) < 4.78 is 28.0. The highest BCUT2D eigenvalue weighted by Gasteiger charge is 2.30. The van der Waals surface area contributed by atoms with Crippen LogP contribution < -0.4 is 5.56 Å². The molecule has 1 unspecified atom stereocenters. The van der Waals surface area contributed by atoms with Crippen molar-refractivity contribution in [2.24, 2.45) is 0 Å². The third-order valence-corrected chi connectivity index (χ3v) is 7.52. The molecule has 1 fully saturated rings. The van der Waals surface area contributed by atoms with Crippen LogP contribution in [-0.2, 0) is 16.6 Å². The van der Waals surface area contributed by atoms with Gasteiger partial charge in [-0.25, -0.2) is 22.4 Å². The first-order valence-corrected chi connectivity index (χ1v) is 11.9. The summed E-state index contributed by atoms with van der Waals surface area (Å²) in [5.41, 5.74) is 1.07. The number of H-pyrrole nitrogens is 1. The second-order valence-electron chi connectivity index (χ2n) is 7.51. The molecule has 1 N–H and O–H groups in total. The highest BCUT2D eigenvalue weighted by Crippen LogP contribution is 2.26. The van der Waals surface area contributed by atoms with E-state index in [0.29, 0.717) is 42.5 Å². The highest BCUT2D eigenvalue weighted by molar-refractivity contribution is 7.89. The Balaban J connectivity index is 1.66. The van der Waals surface area contributed by atoms with Crippen LogP contribution in [0, 0.1) is 0 Å². The lowest BCUT2D eigenvalue weighted by Gasteiger charge is -2.31. The number of aromatic nitrogens is 5. The smallest absolute Gasteiger partial charge is 0.281 e. The maximum absolute atomic E-state index is 12.6. The van der Waals surface area contributed by atoms with Gasteiger partial charge >= 0.3 is 0 Å². The number of hydrogen-bond acceptors (Lipinski definition) is 6. The Morgan fingerprint density at radius 3 is 2.93 bits per heavy atom. The second-order valence-corrected chi connectivity index (χ2v) is 10.0. The second kappa shape index (κ2) is 8.44. The van der Waals surface area contributed by atoms with Crippen molar-refractivity contribution in [3.8, 4) is 0 Å². The summed E-state index contributed by atoms with van der Waals surface area (Å²) in [4.78, 5) is 20.0. The van der Waals surface area contributed by atoms with Crippen molar-refractivity contribution in [1.29, 1.82) is 0 Å². The van der Waals surface area contributed by atoms with E-state index in [1.54, 1.807) is 10.7 Å². The number of nitrogens with zero attached hydrogens (tertiary/aromatic N) is 5. The largest absolute Gasteiger partial charge is 0.308 e. The monoisotopic (exact) mass is 450 g/mol. The Kier molecular flexibility index (Phi) is 5.90. The van der Waals surface area contributed by atoms with Gasteiger partial charge in [-0.15, -0.1) is 5.10 Å². The first-order chi connectivity index (χ1) is 14.4. The van der Waals surface area contributed by atoms with Gasteiger partial charge in [0.1, 0.15) is 5.82 Å². The van der Waals surface area contributed by atoms with Crippen molar-refractivity contribution >= 4 is 32.8 Å². The summed E-state index contributed by atoms with van der Waals surface area (Å²) in [5.74, 6) is 0.412. The molecule has 0 radical (unpaired) electrons. The van der Waals surface area contributed by atoms with Crippen LogP contribution >= 0.6 is 11.6 Å². The topological polar surface area (TPSA) is 114 Å². The minimum Gasteiger partial charge on any atom is -0.308 e. The van der Waals surface area contributed by atoms with Crippen LogP contribution in [0.4, 0.5) is 0 Å². The van der Waals surface area contributed by atoms with E-state index in [9.17, 15) is 13.2 Å². The Hall–Kier alpha value is -2.30. The van der Waals surface area contributed by atoms with Crippen LogP contribution in [0.2, 0.25) is 5.02 Å². The van der Waals surface area contributed by atoms with Gasteiger partial charge in [0.25, 0.3) is 5.56 Å². The van der Waals surface area contributed by atoms with Gasteiger partial charge < -0.3 is 4.98 Å². The number of nitrogens with one attached hydrogen (secondary N) is 1. The normalized spacial score (nSPS) is 18.1. The number of sulfonamides is 1. The van der Waals surface area contributed by atoms with E-state index in [1.165, 1.54) is 4.31 Å². The SMILES string of the molecule is CCCS(=O)(=O)N1CCCC(c2nc3c(nnn3Cc3cccc(Cl)c3)c(=O)[nH]2)C1.